The molecule has 0 unspecified atom stereocenters. The van der Waals surface area contributed by atoms with E-state index in [1.807, 2.05) is 18.3 Å². The average Bonchev–Trinajstić information content (AvgIpc) is 2.22. The number of hydrogen-bond acceptors (Lipinski definition) is 3. The van der Waals surface area contributed by atoms with Crippen LogP contribution in [0.1, 0.15) is 18.4 Å². The van der Waals surface area contributed by atoms with Gasteiger partial charge in [-0.1, -0.05) is 6.07 Å². The molecule has 1 aromatic rings. The number of aromatic nitrogens is 1. The fraction of sp³-hybridized carbons (Fsp3) is 0.545. The second-order valence-corrected chi connectivity index (χ2v) is 4.95. The van der Waals surface area contributed by atoms with Gasteiger partial charge in [-0.15, -0.1) is 0 Å². The van der Waals surface area contributed by atoms with Gasteiger partial charge in [-0.05, 0) is 53.5 Å². The van der Waals surface area contributed by atoms with E-state index in [1.54, 1.807) is 0 Å². The number of nitrogens with zero attached hydrogens (tertiary/aromatic N) is 1. The van der Waals surface area contributed by atoms with E-state index in [0.29, 0.717) is 6.42 Å². The molecular formula is C11H15BrN2O. The van der Waals surface area contributed by atoms with Gasteiger partial charge < -0.3 is 10.4 Å². The van der Waals surface area contributed by atoms with E-state index in [9.17, 15) is 5.11 Å². The molecular weight excluding hydrogens is 256 g/mol. The third-order valence-corrected chi connectivity index (χ3v) is 3.33. The summed E-state index contributed by atoms with van der Waals surface area (Å²) >= 11 is 3.30. The summed E-state index contributed by atoms with van der Waals surface area (Å²) in [4.78, 5) is 4.17. The van der Waals surface area contributed by atoms with Crippen LogP contribution in [0.2, 0.25) is 0 Å². The highest BCUT2D eigenvalue weighted by molar-refractivity contribution is 9.10. The fourth-order valence-corrected chi connectivity index (χ4v) is 2.19. The highest BCUT2D eigenvalue weighted by atomic mass is 79.9. The van der Waals surface area contributed by atoms with Gasteiger partial charge in [0.05, 0.1) is 5.60 Å². The Hall–Kier alpha value is -0.450. The average molecular weight is 271 g/mol. The topological polar surface area (TPSA) is 45.2 Å². The zero-order valence-corrected chi connectivity index (χ0v) is 10.1. The van der Waals surface area contributed by atoms with E-state index >= 15 is 0 Å². The largest absolute Gasteiger partial charge is 0.389 e. The van der Waals surface area contributed by atoms with Gasteiger partial charge in [0.1, 0.15) is 4.60 Å². The highest BCUT2D eigenvalue weighted by Crippen LogP contribution is 2.23. The molecule has 1 aromatic heterocycles. The fourth-order valence-electron chi connectivity index (χ4n) is 1.96. The molecule has 1 aliphatic heterocycles. The van der Waals surface area contributed by atoms with Crippen molar-refractivity contribution >= 4 is 15.9 Å². The van der Waals surface area contributed by atoms with E-state index in [-0.39, 0.29) is 0 Å². The molecule has 0 radical (unpaired) electrons. The van der Waals surface area contributed by atoms with Crippen molar-refractivity contribution in [1.82, 2.24) is 10.3 Å². The summed E-state index contributed by atoms with van der Waals surface area (Å²) in [5.41, 5.74) is 0.559. The van der Waals surface area contributed by atoms with Crippen molar-refractivity contribution in [2.24, 2.45) is 0 Å². The summed E-state index contributed by atoms with van der Waals surface area (Å²) in [5, 5.41) is 13.6. The van der Waals surface area contributed by atoms with Crippen molar-refractivity contribution < 1.29 is 5.11 Å². The molecule has 1 aliphatic rings. The molecule has 82 valence electrons. The Bertz CT molecular complexity index is 320. The Labute approximate surface area is 98.0 Å². The van der Waals surface area contributed by atoms with Crippen LogP contribution in [0.5, 0.6) is 0 Å². The maximum atomic E-state index is 10.3. The first-order valence-electron chi connectivity index (χ1n) is 5.22. The minimum absolute atomic E-state index is 0.541. The number of piperidine rings is 1. The number of aliphatic hydroxyl groups is 1. The number of nitrogens with one attached hydrogen (secondary N) is 1. The minimum Gasteiger partial charge on any atom is -0.389 e. The van der Waals surface area contributed by atoms with Gasteiger partial charge in [-0.25, -0.2) is 4.98 Å². The van der Waals surface area contributed by atoms with Gasteiger partial charge in [-0.3, -0.25) is 0 Å². The van der Waals surface area contributed by atoms with Gasteiger partial charge >= 0.3 is 0 Å². The van der Waals surface area contributed by atoms with E-state index in [2.05, 4.69) is 26.2 Å². The predicted octanol–water partition coefficient (Wildman–Crippen LogP) is 1.50. The third-order valence-electron chi connectivity index (χ3n) is 2.86. The van der Waals surface area contributed by atoms with Crippen LogP contribution in [0.25, 0.3) is 0 Å². The molecule has 2 heterocycles. The van der Waals surface area contributed by atoms with Crippen molar-refractivity contribution in [3.63, 3.8) is 0 Å². The molecule has 1 saturated heterocycles. The van der Waals surface area contributed by atoms with Crippen molar-refractivity contribution in [1.29, 1.82) is 0 Å². The lowest BCUT2D eigenvalue weighted by Gasteiger charge is -2.32. The second-order valence-electron chi connectivity index (χ2n) is 4.14. The van der Waals surface area contributed by atoms with Crippen molar-refractivity contribution in [2.75, 3.05) is 13.1 Å². The van der Waals surface area contributed by atoms with Crippen LogP contribution in [-0.2, 0) is 6.42 Å². The molecule has 15 heavy (non-hydrogen) atoms. The normalized spacial score (nSPS) is 20.1. The number of pyridine rings is 1. The maximum absolute atomic E-state index is 10.3. The Morgan fingerprint density at radius 3 is 2.73 bits per heavy atom. The molecule has 2 rings (SSSR count). The first kappa shape index (κ1) is 11.0. The van der Waals surface area contributed by atoms with Gasteiger partial charge in [0, 0.05) is 12.6 Å². The molecule has 0 aliphatic carbocycles. The summed E-state index contributed by atoms with van der Waals surface area (Å²) in [5.74, 6) is 0. The number of hydrogen-bond donors (Lipinski definition) is 2. The Balaban J connectivity index is 2.03. The SMILES string of the molecule is OC1(Cc2ccc(Br)nc2)CCNCC1. The quantitative estimate of drug-likeness (QED) is 0.801. The van der Waals surface area contributed by atoms with E-state index in [0.717, 1.165) is 36.1 Å². The van der Waals surface area contributed by atoms with Crippen LogP contribution in [0.3, 0.4) is 0 Å². The maximum Gasteiger partial charge on any atom is 0.106 e. The molecule has 0 aromatic carbocycles. The molecule has 0 atom stereocenters. The van der Waals surface area contributed by atoms with E-state index in [1.165, 1.54) is 0 Å². The van der Waals surface area contributed by atoms with Crippen LogP contribution in [0, 0.1) is 0 Å². The molecule has 0 bridgehead atoms. The van der Waals surface area contributed by atoms with Crippen LogP contribution in [0.15, 0.2) is 22.9 Å². The first-order chi connectivity index (χ1) is 7.18. The molecule has 0 saturated carbocycles. The van der Waals surface area contributed by atoms with Gasteiger partial charge in [0.15, 0.2) is 0 Å². The van der Waals surface area contributed by atoms with Gasteiger partial charge in [-0.2, -0.15) is 0 Å². The number of rotatable bonds is 2. The lowest BCUT2D eigenvalue weighted by Crippen LogP contribution is -2.43. The molecule has 1 fully saturated rings. The highest BCUT2D eigenvalue weighted by Gasteiger charge is 2.29. The molecule has 2 N–H and O–H groups in total. The number of halogens is 1. The Morgan fingerprint density at radius 1 is 1.40 bits per heavy atom. The second kappa shape index (κ2) is 4.60. The lowest BCUT2D eigenvalue weighted by molar-refractivity contribution is 0.0108. The minimum atomic E-state index is -0.541. The monoisotopic (exact) mass is 270 g/mol. The van der Waals surface area contributed by atoms with Crippen molar-refractivity contribution in [3.8, 4) is 0 Å². The first-order valence-corrected chi connectivity index (χ1v) is 6.01. The zero-order valence-electron chi connectivity index (χ0n) is 8.54. The standard InChI is InChI=1S/C11H15BrN2O/c12-10-2-1-9(8-14-10)7-11(15)3-5-13-6-4-11/h1-2,8,13,15H,3-7H2. The smallest absolute Gasteiger partial charge is 0.106 e. The van der Waals surface area contributed by atoms with E-state index < -0.39 is 5.60 Å². The van der Waals surface area contributed by atoms with E-state index in [4.69, 9.17) is 0 Å². The Morgan fingerprint density at radius 2 is 2.13 bits per heavy atom. The van der Waals surface area contributed by atoms with Gasteiger partial charge in [0.2, 0.25) is 0 Å². The molecule has 4 heteroatoms. The molecule has 0 spiro atoms. The summed E-state index contributed by atoms with van der Waals surface area (Å²) < 4.78 is 0.837. The lowest BCUT2D eigenvalue weighted by atomic mass is 9.86. The van der Waals surface area contributed by atoms with Crippen LogP contribution in [0.4, 0.5) is 0 Å². The van der Waals surface area contributed by atoms with Crippen LogP contribution < -0.4 is 5.32 Å². The Kier molecular flexibility index (Phi) is 3.38. The summed E-state index contributed by atoms with van der Waals surface area (Å²) in [7, 11) is 0. The van der Waals surface area contributed by atoms with Gasteiger partial charge in [0.25, 0.3) is 0 Å². The van der Waals surface area contributed by atoms with Crippen molar-refractivity contribution in [3.05, 3.63) is 28.5 Å². The molecule has 3 nitrogen and oxygen atoms in total. The summed E-state index contributed by atoms with van der Waals surface area (Å²) in [6.45, 7) is 1.81. The third kappa shape index (κ3) is 3.00. The summed E-state index contributed by atoms with van der Waals surface area (Å²) in [6, 6.07) is 3.93. The van der Waals surface area contributed by atoms with Crippen molar-refractivity contribution in [2.45, 2.75) is 24.9 Å². The predicted molar refractivity (Wildman–Crippen MR) is 62.7 cm³/mol. The summed E-state index contributed by atoms with van der Waals surface area (Å²) in [6.07, 6.45) is 4.17. The van der Waals surface area contributed by atoms with Crippen LogP contribution >= 0.6 is 15.9 Å². The van der Waals surface area contributed by atoms with Crippen LogP contribution in [-0.4, -0.2) is 28.8 Å². The molecule has 0 amide bonds. The zero-order chi connectivity index (χ0) is 10.7.